The van der Waals surface area contributed by atoms with Crippen LogP contribution in [0, 0.1) is 0 Å². The van der Waals surface area contributed by atoms with Crippen LogP contribution < -0.4 is 0 Å². The fourth-order valence-electron chi connectivity index (χ4n) is 1.43. The van der Waals surface area contributed by atoms with Gasteiger partial charge in [0.15, 0.2) is 5.82 Å². The number of pyridine rings is 1. The molecule has 0 radical (unpaired) electrons. The Hall–Kier alpha value is -0.710. The molecule has 0 aromatic carbocycles. The van der Waals surface area contributed by atoms with Gasteiger partial charge in [0.1, 0.15) is 16.0 Å². The van der Waals surface area contributed by atoms with Gasteiger partial charge < -0.3 is 0 Å². The summed E-state index contributed by atoms with van der Waals surface area (Å²) in [5.74, 6) is 0.445. The normalized spacial score (nSPS) is 10.6. The van der Waals surface area contributed by atoms with E-state index in [0.717, 1.165) is 12.0 Å². The molecule has 0 bridgehead atoms. The topological polar surface area (TPSA) is 38.7 Å². The molecule has 0 N–H and O–H groups in total. The number of hydrogen-bond donors (Lipinski definition) is 0. The molecular weight excluding hydrogens is 325 g/mol. The minimum absolute atomic E-state index is 0.285. The summed E-state index contributed by atoms with van der Waals surface area (Å²) < 4.78 is 0.499. The van der Waals surface area contributed by atoms with Crippen molar-refractivity contribution >= 4 is 39.1 Å². The van der Waals surface area contributed by atoms with Gasteiger partial charge in [-0.3, -0.25) is 4.98 Å². The monoisotopic (exact) mass is 331 g/mol. The van der Waals surface area contributed by atoms with Crippen LogP contribution in [-0.2, 0) is 6.42 Å². The Labute approximate surface area is 117 Å². The average Bonchev–Trinajstić information content (AvgIpc) is 2.35. The summed E-state index contributed by atoms with van der Waals surface area (Å²) in [6.07, 6.45) is 2.54. The van der Waals surface area contributed by atoms with E-state index in [1.807, 2.05) is 19.1 Å². The van der Waals surface area contributed by atoms with Crippen molar-refractivity contribution in [3.8, 4) is 11.5 Å². The SMILES string of the molecule is CCc1cccnc1-c1nc(Cl)c(Br)c(Cl)n1. The zero-order valence-electron chi connectivity index (χ0n) is 8.91. The molecule has 0 fully saturated rings. The highest BCUT2D eigenvalue weighted by atomic mass is 79.9. The minimum atomic E-state index is 0.285. The molecule has 0 atom stereocenters. The highest BCUT2D eigenvalue weighted by Gasteiger charge is 2.13. The highest BCUT2D eigenvalue weighted by molar-refractivity contribution is 9.10. The van der Waals surface area contributed by atoms with Crippen molar-refractivity contribution in [3.05, 3.63) is 38.7 Å². The molecule has 0 spiro atoms. The fraction of sp³-hybridized carbons (Fsp3) is 0.182. The van der Waals surface area contributed by atoms with E-state index in [0.29, 0.717) is 16.0 Å². The standard InChI is InChI=1S/C11H8BrCl2N3/c1-2-6-4-3-5-15-8(6)11-16-9(13)7(12)10(14)17-11/h3-5H,2H2,1H3. The van der Waals surface area contributed by atoms with Crippen LogP contribution in [0.2, 0.25) is 10.3 Å². The van der Waals surface area contributed by atoms with Gasteiger partial charge in [-0.25, -0.2) is 9.97 Å². The molecule has 2 aromatic rings. The van der Waals surface area contributed by atoms with E-state index in [1.165, 1.54) is 0 Å². The summed E-state index contributed by atoms with van der Waals surface area (Å²) >= 11 is 15.1. The Morgan fingerprint density at radius 3 is 2.47 bits per heavy atom. The molecule has 0 unspecified atom stereocenters. The number of aromatic nitrogens is 3. The summed E-state index contributed by atoms with van der Waals surface area (Å²) in [6.45, 7) is 2.04. The summed E-state index contributed by atoms with van der Waals surface area (Å²) in [6, 6.07) is 3.86. The van der Waals surface area contributed by atoms with Crippen LogP contribution in [0.25, 0.3) is 11.5 Å². The molecule has 0 saturated heterocycles. The zero-order valence-corrected chi connectivity index (χ0v) is 12.0. The Morgan fingerprint density at radius 2 is 1.88 bits per heavy atom. The highest BCUT2D eigenvalue weighted by Crippen LogP contribution is 2.30. The molecule has 0 aliphatic heterocycles. The van der Waals surface area contributed by atoms with E-state index in [-0.39, 0.29) is 10.3 Å². The van der Waals surface area contributed by atoms with Crippen LogP contribution in [0.5, 0.6) is 0 Å². The van der Waals surface area contributed by atoms with Gasteiger partial charge in [0.25, 0.3) is 0 Å². The van der Waals surface area contributed by atoms with Gasteiger partial charge in [-0.15, -0.1) is 0 Å². The zero-order chi connectivity index (χ0) is 12.4. The largest absolute Gasteiger partial charge is 0.253 e. The van der Waals surface area contributed by atoms with Crippen molar-refractivity contribution < 1.29 is 0 Å². The molecule has 0 aliphatic rings. The quantitative estimate of drug-likeness (QED) is 0.775. The summed E-state index contributed by atoms with van der Waals surface area (Å²) in [5.41, 5.74) is 1.77. The van der Waals surface area contributed by atoms with E-state index in [2.05, 4.69) is 30.9 Å². The van der Waals surface area contributed by atoms with E-state index in [9.17, 15) is 0 Å². The van der Waals surface area contributed by atoms with Gasteiger partial charge in [0, 0.05) is 6.20 Å². The smallest absolute Gasteiger partial charge is 0.181 e. The molecule has 6 heteroatoms. The fourth-order valence-corrected chi connectivity index (χ4v) is 1.99. The predicted octanol–water partition coefficient (Wildman–Crippen LogP) is 4.17. The number of hydrogen-bond acceptors (Lipinski definition) is 3. The number of halogens is 3. The number of rotatable bonds is 2. The third-order valence-corrected chi connectivity index (χ3v) is 4.01. The van der Waals surface area contributed by atoms with Gasteiger partial charge in [-0.2, -0.15) is 0 Å². The maximum atomic E-state index is 5.95. The van der Waals surface area contributed by atoms with E-state index >= 15 is 0 Å². The van der Waals surface area contributed by atoms with Crippen molar-refractivity contribution in [2.45, 2.75) is 13.3 Å². The first kappa shape index (κ1) is 12.7. The summed E-state index contributed by atoms with van der Waals surface area (Å²) in [5, 5.41) is 0.570. The molecule has 0 amide bonds. The van der Waals surface area contributed by atoms with E-state index in [1.54, 1.807) is 6.20 Å². The van der Waals surface area contributed by atoms with Gasteiger partial charge in [0.05, 0.1) is 4.47 Å². The van der Waals surface area contributed by atoms with E-state index < -0.39 is 0 Å². The Bertz CT molecular complexity index is 537. The predicted molar refractivity (Wildman–Crippen MR) is 72.4 cm³/mol. The lowest BCUT2D eigenvalue weighted by Crippen LogP contribution is -1.97. The number of aryl methyl sites for hydroxylation is 1. The van der Waals surface area contributed by atoms with Crippen LogP contribution in [-0.4, -0.2) is 15.0 Å². The summed E-state index contributed by atoms with van der Waals surface area (Å²) in [4.78, 5) is 12.6. The van der Waals surface area contributed by atoms with Crippen molar-refractivity contribution in [1.29, 1.82) is 0 Å². The molecule has 0 saturated carbocycles. The van der Waals surface area contributed by atoms with E-state index in [4.69, 9.17) is 23.2 Å². The van der Waals surface area contributed by atoms with Crippen LogP contribution in [0.4, 0.5) is 0 Å². The first-order valence-corrected chi connectivity index (χ1v) is 6.51. The number of nitrogens with zero attached hydrogens (tertiary/aromatic N) is 3. The minimum Gasteiger partial charge on any atom is -0.253 e. The van der Waals surface area contributed by atoms with Crippen molar-refractivity contribution in [2.75, 3.05) is 0 Å². The van der Waals surface area contributed by atoms with Crippen LogP contribution in [0.3, 0.4) is 0 Å². The van der Waals surface area contributed by atoms with Gasteiger partial charge >= 0.3 is 0 Å². The first-order valence-electron chi connectivity index (χ1n) is 4.96. The van der Waals surface area contributed by atoms with Crippen LogP contribution in [0.15, 0.2) is 22.8 Å². The lowest BCUT2D eigenvalue weighted by atomic mass is 10.1. The maximum absolute atomic E-state index is 5.95. The molecule has 17 heavy (non-hydrogen) atoms. The molecule has 0 aliphatic carbocycles. The van der Waals surface area contributed by atoms with Crippen LogP contribution >= 0.6 is 39.1 Å². The molecular formula is C11H8BrCl2N3. The third kappa shape index (κ3) is 2.59. The van der Waals surface area contributed by atoms with Crippen molar-refractivity contribution in [3.63, 3.8) is 0 Å². The maximum Gasteiger partial charge on any atom is 0.181 e. The molecule has 3 nitrogen and oxygen atoms in total. The second kappa shape index (κ2) is 5.29. The van der Waals surface area contributed by atoms with Gasteiger partial charge in [0.2, 0.25) is 0 Å². The van der Waals surface area contributed by atoms with Gasteiger partial charge in [-0.1, -0.05) is 36.2 Å². The lowest BCUT2D eigenvalue weighted by molar-refractivity contribution is 1.06. The Balaban J connectivity index is 2.61. The molecule has 2 aromatic heterocycles. The van der Waals surface area contributed by atoms with Crippen molar-refractivity contribution in [1.82, 2.24) is 15.0 Å². The van der Waals surface area contributed by atoms with Crippen molar-refractivity contribution in [2.24, 2.45) is 0 Å². The average molecular weight is 333 g/mol. The summed E-state index contributed by atoms with van der Waals surface area (Å²) in [7, 11) is 0. The first-order chi connectivity index (χ1) is 8.13. The second-order valence-electron chi connectivity index (χ2n) is 3.31. The molecule has 2 rings (SSSR count). The van der Waals surface area contributed by atoms with Crippen LogP contribution in [0.1, 0.15) is 12.5 Å². The lowest BCUT2D eigenvalue weighted by Gasteiger charge is -2.06. The molecule has 88 valence electrons. The Kier molecular flexibility index (Phi) is 3.97. The Morgan fingerprint density at radius 1 is 1.24 bits per heavy atom. The second-order valence-corrected chi connectivity index (χ2v) is 4.82. The van der Waals surface area contributed by atoms with Gasteiger partial charge in [-0.05, 0) is 34.0 Å². The molecule has 2 heterocycles. The third-order valence-electron chi connectivity index (χ3n) is 2.25.